The molecule has 1 fully saturated rings. The Hall–Kier alpha value is -2.28. The molecule has 1 saturated carbocycles. The normalized spacial score (nSPS) is 16.0. The van der Waals surface area contributed by atoms with Crippen LogP contribution >= 0.6 is 11.3 Å². The van der Waals surface area contributed by atoms with Gasteiger partial charge in [-0.05, 0) is 18.4 Å². The molecule has 1 aliphatic rings. The van der Waals surface area contributed by atoms with E-state index in [1.807, 2.05) is 30.3 Å². The minimum atomic E-state index is -0.362. The van der Waals surface area contributed by atoms with Crippen LogP contribution in [0.4, 0.5) is 5.13 Å². The summed E-state index contributed by atoms with van der Waals surface area (Å²) < 4.78 is 0. The predicted octanol–water partition coefficient (Wildman–Crippen LogP) is 3.79. The number of hydrogen-bond donors (Lipinski definition) is 2. The van der Waals surface area contributed by atoms with Crippen LogP contribution in [-0.4, -0.2) is 22.0 Å². The van der Waals surface area contributed by atoms with Gasteiger partial charge in [0.2, 0.25) is 16.9 Å². The van der Waals surface area contributed by atoms with E-state index >= 15 is 0 Å². The van der Waals surface area contributed by atoms with Crippen molar-refractivity contribution in [2.24, 2.45) is 0 Å². The summed E-state index contributed by atoms with van der Waals surface area (Å²) in [6.07, 6.45) is 6.23. The van der Waals surface area contributed by atoms with Crippen LogP contribution in [0.2, 0.25) is 0 Å². The van der Waals surface area contributed by atoms with E-state index in [2.05, 4.69) is 20.8 Å². The summed E-state index contributed by atoms with van der Waals surface area (Å²) >= 11 is 1.46. The molecule has 2 amide bonds. The zero-order valence-electron chi connectivity index (χ0n) is 14.9. The van der Waals surface area contributed by atoms with E-state index < -0.39 is 0 Å². The fourth-order valence-electron chi connectivity index (χ4n) is 3.34. The van der Waals surface area contributed by atoms with Gasteiger partial charge in [0, 0.05) is 12.8 Å². The van der Waals surface area contributed by atoms with Gasteiger partial charge < -0.3 is 10.6 Å². The Kier molecular flexibility index (Phi) is 6.33. The smallest absolute Gasteiger partial charge is 0.228 e. The third-order valence-electron chi connectivity index (χ3n) is 4.61. The van der Waals surface area contributed by atoms with Crippen molar-refractivity contribution in [3.8, 4) is 0 Å². The van der Waals surface area contributed by atoms with E-state index in [9.17, 15) is 9.59 Å². The van der Waals surface area contributed by atoms with Crippen molar-refractivity contribution < 1.29 is 9.59 Å². The molecular weight excluding hydrogens is 348 g/mol. The van der Waals surface area contributed by atoms with Crippen molar-refractivity contribution in [1.29, 1.82) is 0 Å². The maximum Gasteiger partial charge on any atom is 0.228 e. The fourth-order valence-corrected chi connectivity index (χ4v) is 4.27. The molecule has 1 aliphatic carbocycles. The maximum atomic E-state index is 12.4. The minimum absolute atomic E-state index is 0.155. The molecule has 0 spiro atoms. The highest BCUT2D eigenvalue weighted by molar-refractivity contribution is 7.15. The average molecular weight is 372 g/mol. The molecule has 1 aromatic heterocycles. The molecule has 7 heteroatoms. The maximum absolute atomic E-state index is 12.4. The highest BCUT2D eigenvalue weighted by Gasteiger charge is 2.21. The number of benzene rings is 1. The van der Waals surface area contributed by atoms with Gasteiger partial charge in [0.05, 0.1) is 12.5 Å². The molecule has 1 heterocycles. The summed E-state index contributed by atoms with van der Waals surface area (Å²) in [5.41, 5.74) is 0.901. The largest absolute Gasteiger partial charge is 0.349 e. The summed E-state index contributed by atoms with van der Waals surface area (Å²) in [6, 6.07) is 9.13. The highest BCUT2D eigenvalue weighted by atomic mass is 32.1. The lowest BCUT2D eigenvalue weighted by Crippen LogP contribution is -2.29. The second-order valence-corrected chi connectivity index (χ2v) is 7.71. The molecule has 2 aromatic rings. The topological polar surface area (TPSA) is 84.0 Å². The molecule has 0 radical (unpaired) electrons. The number of nitrogens with one attached hydrogen (secondary N) is 2. The molecular formula is C19H24N4O2S. The lowest BCUT2D eigenvalue weighted by atomic mass is 9.90. The summed E-state index contributed by atoms with van der Waals surface area (Å²) in [7, 11) is 0. The molecule has 1 aromatic carbocycles. The summed E-state index contributed by atoms with van der Waals surface area (Å²) in [5, 5.41) is 15.6. The second-order valence-electron chi connectivity index (χ2n) is 6.70. The molecule has 0 saturated heterocycles. The van der Waals surface area contributed by atoms with Crippen LogP contribution < -0.4 is 10.6 Å². The van der Waals surface area contributed by atoms with Crippen LogP contribution in [0.3, 0.4) is 0 Å². The average Bonchev–Trinajstić information content (AvgIpc) is 3.10. The standard InChI is InChI=1S/C19H24N4O2S/c1-13(24)20-16(14-8-4-2-5-9-14)12-17(25)21-19-23-22-18(26-19)15-10-6-3-7-11-15/h2,4-5,8-9,15-16H,3,6-7,10-12H2,1H3,(H,20,24)(H,21,23,25). The Labute approximate surface area is 157 Å². The number of nitrogens with zero attached hydrogens (tertiary/aromatic N) is 2. The van der Waals surface area contributed by atoms with Crippen molar-refractivity contribution >= 4 is 28.3 Å². The monoisotopic (exact) mass is 372 g/mol. The van der Waals surface area contributed by atoms with Gasteiger partial charge in [-0.25, -0.2) is 0 Å². The minimum Gasteiger partial charge on any atom is -0.349 e. The van der Waals surface area contributed by atoms with Crippen molar-refractivity contribution in [3.05, 3.63) is 40.9 Å². The molecule has 0 bridgehead atoms. The van der Waals surface area contributed by atoms with Gasteiger partial charge in [0.15, 0.2) is 0 Å². The Morgan fingerprint density at radius 2 is 1.88 bits per heavy atom. The van der Waals surface area contributed by atoms with Crippen LogP contribution in [0.1, 0.15) is 68.0 Å². The van der Waals surface area contributed by atoms with E-state index in [-0.39, 0.29) is 24.3 Å². The predicted molar refractivity (Wildman–Crippen MR) is 102 cm³/mol. The fraction of sp³-hybridized carbons (Fsp3) is 0.474. The lowest BCUT2D eigenvalue weighted by molar-refractivity contribution is -0.120. The van der Waals surface area contributed by atoms with E-state index in [0.29, 0.717) is 11.0 Å². The van der Waals surface area contributed by atoms with Crippen molar-refractivity contribution in [2.45, 2.75) is 57.4 Å². The first-order valence-corrected chi connectivity index (χ1v) is 9.89. The number of hydrogen-bond acceptors (Lipinski definition) is 5. The van der Waals surface area contributed by atoms with Gasteiger partial charge in [-0.15, -0.1) is 10.2 Å². The van der Waals surface area contributed by atoms with Crippen LogP contribution in [0.5, 0.6) is 0 Å². The Bertz CT molecular complexity index is 741. The number of rotatable bonds is 6. The first-order valence-electron chi connectivity index (χ1n) is 9.07. The first-order chi connectivity index (χ1) is 12.6. The van der Waals surface area contributed by atoms with Crippen LogP contribution in [0.15, 0.2) is 30.3 Å². The molecule has 6 nitrogen and oxygen atoms in total. The van der Waals surface area contributed by atoms with Crippen molar-refractivity contribution in [1.82, 2.24) is 15.5 Å². The number of aromatic nitrogens is 2. The van der Waals surface area contributed by atoms with Gasteiger partial charge in [0.1, 0.15) is 5.01 Å². The van der Waals surface area contributed by atoms with E-state index in [1.165, 1.54) is 37.5 Å². The number of anilines is 1. The van der Waals surface area contributed by atoms with E-state index in [0.717, 1.165) is 23.4 Å². The molecule has 2 N–H and O–H groups in total. The number of carbonyl (C=O) groups excluding carboxylic acids is 2. The molecule has 26 heavy (non-hydrogen) atoms. The summed E-state index contributed by atoms with van der Waals surface area (Å²) in [5.74, 6) is 0.129. The van der Waals surface area contributed by atoms with Crippen molar-refractivity contribution in [3.63, 3.8) is 0 Å². The van der Waals surface area contributed by atoms with Gasteiger partial charge in [0.25, 0.3) is 0 Å². The molecule has 1 atom stereocenters. The third-order valence-corrected chi connectivity index (χ3v) is 5.61. The zero-order chi connectivity index (χ0) is 18.4. The number of carbonyl (C=O) groups is 2. The SMILES string of the molecule is CC(=O)NC(CC(=O)Nc1nnc(C2CCCCC2)s1)c1ccccc1. The Balaban J connectivity index is 1.61. The lowest BCUT2D eigenvalue weighted by Gasteiger charge is -2.18. The van der Waals surface area contributed by atoms with Gasteiger partial charge >= 0.3 is 0 Å². The Morgan fingerprint density at radius 3 is 2.58 bits per heavy atom. The van der Waals surface area contributed by atoms with Crippen LogP contribution in [0.25, 0.3) is 0 Å². The Morgan fingerprint density at radius 1 is 1.15 bits per heavy atom. The van der Waals surface area contributed by atoms with E-state index in [1.54, 1.807) is 0 Å². The molecule has 3 rings (SSSR count). The van der Waals surface area contributed by atoms with Crippen LogP contribution in [-0.2, 0) is 9.59 Å². The van der Waals surface area contributed by atoms with Crippen LogP contribution in [0, 0.1) is 0 Å². The quantitative estimate of drug-likeness (QED) is 0.808. The van der Waals surface area contributed by atoms with Gasteiger partial charge in [-0.1, -0.05) is 60.9 Å². The number of amides is 2. The van der Waals surface area contributed by atoms with Crippen molar-refractivity contribution in [2.75, 3.05) is 5.32 Å². The molecule has 1 unspecified atom stereocenters. The van der Waals surface area contributed by atoms with E-state index in [4.69, 9.17) is 0 Å². The highest BCUT2D eigenvalue weighted by Crippen LogP contribution is 2.35. The first kappa shape index (κ1) is 18.5. The third kappa shape index (κ3) is 5.11. The summed E-state index contributed by atoms with van der Waals surface area (Å²) in [4.78, 5) is 23.9. The molecule has 0 aliphatic heterocycles. The second kappa shape index (κ2) is 8.89. The molecule has 138 valence electrons. The zero-order valence-corrected chi connectivity index (χ0v) is 15.7. The van der Waals surface area contributed by atoms with Gasteiger partial charge in [-0.3, -0.25) is 9.59 Å². The van der Waals surface area contributed by atoms with Gasteiger partial charge in [-0.2, -0.15) is 0 Å². The summed E-state index contributed by atoms with van der Waals surface area (Å²) in [6.45, 7) is 1.45.